The maximum Gasteiger partial charge on any atom is 0.122 e. The molecular weight excluding hydrogens is 256 g/mol. The minimum Gasteiger partial charge on any atom is -0.371 e. The zero-order valence-corrected chi connectivity index (χ0v) is 13.8. The molecule has 1 aromatic rings. The highest BCUT2D eigenvalue weighted by molar-refractivity contribution is 7.11. The van der Waals surface area contributed by atoms with Gasteiger partial charge in [0.25, 0.3) is 0 Å². The normalized spacial score (nSPS) is 13.2. The van der Waals surface area contributed by atoms with Crippen molar-refractivity contribution in [3.05, 3.63) is 15.6 Å². The minimum absolute atomic E-state index is 0.165. The van der Waals surface area contributed by atoms with Gasteiger partial charge in [0.1, 0.15) is 11.1 Å². The van der Waals surface area contributed by atoms with Crippen LogP contribution in [0.2, 0.25) is 0 Å². The highest BCUT2D eigenvalue weighted by Crippen LogP contribution is 2.29. The maximum absolute atomic E-state index is 5.78. The standard InChI is InChI=1S/C15H28N2OS/c1-6-9-12-14(10-16-11(4)5)19-15(17-12)13(7-2)18-8-3/h11,13,16H,6-10H2,1-5H3. The van der Waals surface area contributed by atoms with E-state index in [1.165, 1.54) is 10.6 Å². The number of hydrogen-bond acceptors (Lipinski definition) is 4. The first kappa shape index (κ1) is 16.6. The van der Waals surface area contributed by atoms with Gasteiger partial charge >= 0.3 is 0 Å². The summed E-state index contributed by atoms with van der Waals surface area (Å²) in [5, 5.41) is 4.64. The van der Waals surface area contributed by atoms with E-state index in [1.807, 2.05) is 18.3 Å². The van der Waals surface area contributed by atoms with Gasteiger partial charge < -0.3 is 10.1 Å². The van der Waals surface area contributed by atoms with Gasteiger partial charge in [0.15, 0.2) is 0 Å². The van der Waals surface area contributed by atoms with Gasteiger partial charge in [0, 0.05) is 24.1 Å². The molecule has 1 aromatic heterocycles. The molecule has 0 aliphatic rings. The van der Waals surface area contributed by atoms with Crippen LogP contribution in [0, 0.1) is 0 Å². The van der Waals surface area contributed by atoms with E-state index in [4.69, 9.17) is 9.72 Å². The lowest BCUT2D eigenvalue weighted by Crippen LogP contribution is -2.21. The Morgan fingerprint density at radius 2 is 2.00 bits per heavy atom. The first-order valence-electron chi connectivity index (χ1n) is 7.45. The quantitative estimate of drug-likeness (QED) is 0.742. The molecule has 1 heterocycles. The Morgan fingerprint density at radius 3 is 2.53 bits per heavy atom. The van der Waals surface area contributed by atoms with Crippen LogP contribution < -0.4 is 5.32 Å². The van der Waals surface area contributed by atoms with E-state index >= 15 is 0 Å². The van der Waals surface area contributed by atoms with Crippen LogP contribution >= 0.6 is 11.3 Å². The molecule has 0 spiro atoms. The van der Waals surface area contributed by atoms with Crippen LogP contribution in [0.25, 0.3) is 0 Å². The highest BCUT2D eigenvalue weighted by atomic mass is 32.1. The van der Waals surface area contributed by atoms with Gasteiger partial charge in [0.05, 0.1) is 5.69 Å². The van der Waals surface area contributed by atoms with E-state index in [2.05, 4.69) is 33.0 Å². The van der Waals surface area contributed by atoms with Gasteiger partial charge in [-0.2, -0.15) is 0 Å². The lowest BCUT2D eigenvalue weighted by molar-refractivity contribution is 0.0595. The first-order chi connectivity index (χ1) is 9.12. The molecule has 3 nitrogen and oxygen atoms in total. The van der Waals surface area contributed by atoms with E-state index in [0.29, 0.717) is 6.04 Å². The second-order valence-electron chi connectivity index (χ2n) is 5.06. The fourth-order valence-electron chi connectivity index (χ4n) is 1.97. The minimum atomic E-state index is 0.165. The lowest BCUT2D eigenvalue weighted by atomic mass is 10.2. The zero-order chi connectivity index (χ0) is 14.3. The Hall–Kier alpha value is -0.450. The Kier molecular flexibility index (Phi) is 7.57. The van der Waals surface area contributed by atoms with Crippen LogP contribution in [0.3, 0.4) is 0 Å². The number of rotatable bonds is 9. The number of nitrogens with zero attached hydrogens (tertiary/aromatic N) is 1. The number of hydrogen-bond donors (Lipinski definition) is 1. The third kappa shape index (κ3) is 5.21. The van der Waals surface area contributed by atoms with Crippen molar-refractivity contribution in [2.75, 3.05) is 6.61 Å². The molecule has 0 fully saturated rings. The summed E-state index contributed by atoms with van der Waals surface area (Å²) in [6, 6.07) is 0.508. The summed E-state index contributed by atoms with van der Waals surface area (Å²) in [5.41, 5.74) is 1.26. The van der Waals surface area contributed by atoms with Crippen molar-refractivity contribution < 1.29 is 4.74 Å². The third-order valence-corrected chi connectivity index (χ3v) is 4.16. The molecule has 0 aromatic carbocycles. The van der Waals surface area contributed by atoms with E-state index in [0.717, 1.165) is 37.4 Å². The number of ether oxygens (including phenoxy) is 1. The van der Waals surface area contributed by atoms with Crippen LogP contribution in [0.5, 0.6) is 0 Å². The number of aromatic nitrogens is 1. The van der Waals surface area contributed by atoms with Gasteiger partial charge in [-0.3, -0.25) is 0 Å². The second kappa shape index (κ2) is 8.67. The highest BCUT2D eigenvalue weighted by Gasteiger charge is 2.17. The maximum atomic E-state index is 5.78. The van der Waals surface area contributed by atoms with Gasteiger partial charge in [0.2, 0.25) is 0 Å². The van der Waals surface area contributed by atoms with Crippen LogP contribution in [0.1, 0.15) is 69.1 Å². The Balaban J connectivity index is 2.85. The van der Waals surface area contributed by atoms with Crippen LogP contribution in [0.4, 0.5) is 0 Å². The van der Waals surface area contributed by atoms with Gasteiger partial charge in [-0.15, -0.1) is 11.3 Å². The number of aryl methyl sites for hydroxylation is 1. The van der Waals surface area contributed by atoms with Crippen molar-refractivity contribution >= 4 is 11.3 Å². The van der Waals surface area contributed by atoms with Gasteiger partial charge in [-0.05, 0) is 19.8 Å². The third-order valence-electron chi connectivity index (χ3n) is 2.97. The van der Waals surface area contributed by atoms with Crippen LogP contribution in [0.15, 0.2) is 0 Å². The summed E-state index contributed by atoms with van der Waals surface area (Å²) in [6.07, 6.45) is 3.36. The molecule has 0 aliphatic heterocycles. The molecule has 0 amide bonds. The molecular formula is C15H28N2OS. The average Bonchev–Trinajstić information content (AvgIpc) is 2.77. The molecule has 19 heavy (non-hydrogen) atoms. The smallest absolute Gasteiger partial charge is 0.122 e. The predicted molar refractivity (Wildman–Crippen MR) is 82.7 cm³/mol. The molecule has 0 radical (unpaired) electrons. The molecule has 0 saturated heterocycles. The van der Waals surface area contributed by atoms with E-state index in [1.54, 1.807) is 0 Å². The van der Waals surface area contributed by atoms with Crippen LogP contribution in [-0.4, -0.2) is 17.6 Å². The van der Waals surface area contributed by atoms with Gasteiger partial charge in [-0.1, -0.05) is 34.1 Å². The zero-order valence-electron chi connectivity index (χ0n) is 13.0. The Labute approximate surface area is 121 Å². The Bertz CT molecular complexity index is 363. The SMILES string of the molecule is CCCc1nc(C(CC)OCC)sc1CNC(C)C. The van der Waals surface area contributed by atoms with E-state index in [9.17, 15) is 0 Å². The second-order valence-corrected chi connectivity index (χ2v) is 6.18. The van der Waals surface area contributed by atoms with Crippen molar-refractivity contribution in [2.45, 2.75) is 72.6 Å². The largest absolute Gasteiger partial charge is 0.371 e. The number of thiazole rings is 1. The van der Waals surface area contributed by atoms with E-state index < -0.39 is 0 Å². The predicted octanol–water partition coefficient (Wildman–Crippen LogP) is 4.08. The molecule has 1 atom stereocenters. The molecule has 0 saturated carbocycles. The summed E-state index contributed by atoms with van der Waals surface area (Å²) in [5.74, 6) is 0. The van der Waals surface area contributed by atoms with Crippen molar-refractivity contribution in [3.63, 3.8) is 0 Å². The number of nitrogens with one attached hydrogen (secondary N) is 1. The van der Waals surface area contributed by atoms with Crippen molar-refractivity contribution in [1.82, 2.24) is 10.3 Å². The van der Waals surface area contributed by atoms with E-state index in [-0.39, 0.29) is 6.10 Å². The Morgan fingerprint density at radius 1 is 1.26 bits per heavy atom. The monoisotopic (exact) mass is 284 g/mol. The molecule has 110 valence electrons. The van der Waals surface area contributed by atoms with Gasteiger partial charge in [-0.25, -0.2) is 4.98 Å². The van der Waals surface area contributed by atoms with Crippen molar-refractivity contribution in [3.8, 4) is 0 Å². The van der Waals surface area contributed by atoms with Crippen LogP contribution in [-0.2, 0) is 17.7 Å². The fourth-order valence-corrected chi connectivity index (χ4v) is 3.17. The molecule has 0 bridgehead atoms. The molecule has 0 aliphatic carbocycles. The summed E-state index contributed by atoms with van der Waals surface area (Å²) in [6.45, 7) is 12.4. The summed E-state index contributed by atoms with van der Waals surface area (Å²) < 4.78 is 5.78. The molecule has 1 unspecified atom stereocenters. The summed E-state index contributed by atoms with van der Waals surface area (Å²) >= 11 is 1.82. The molecule has 4 heteroatoms. The summed E-state index contributed by atoms with van der Waals surface area (Å²) in [4.78, 5) is 6.20. The van der Waals surface area contributed by atoms with Crippen molar-refractivity contribution in [2.24, 2.45) is 0 Å². The van der Waals surface area contributed by atoms with Crippen molar-refractivity contribution in [1.29, 1.82) is 0 Å². The molecule has 1 rings (SSSR count). The average molecular weight is 284 g/mol. The first-order valence-corrected chi connectivity index (χ1v) is 8.27. The summed E-state index contributed by atoms with van der Waals surface area (Å²) in [7, 11) is 0. The topological polar surface area (TPSA) is 34.1 Å². The lowest BCUT2D eigenvalue weighted by Gasteiger charge is -2.11. The molecule has 1 N–H and O–H groups in total. The fraction of sp³-hybridized carbons (Fsp3) is 0.800.